The van der Waals surface area contributed by atoms with Crippen LogP contribution in [0.5, 0.6) is 0 Å². The average molecular weight is 327 g/mol. The molecule has 0 fully saturated rings. The van der Waals surface area contributed by atoms with E-state index in [0.717, 1.165) is 5.56 Å². The molecule has 126 valence electrons. The molecule has 0 saturated heterocycles. The van der Waals surface area contributed by atoms with Crippen molar-refractivity contribution in [3.05, 3.63) is 54.0 Å². The van der Waals surface area contributed by atoms with E-state index in [1.807, 2.05) is 26.0 Å². The quantitative estimate of drug-likeness (QED) is 0.630. The van der Waals surface area contributed by atoms with Crippen LogP contribution >= 0.6 is 0 Å². The van der Waals surface area contributed by atoms with Gasteiger partial charge in [-0.2, -0.15) is 5.10 Å². The molecular formula is C18H21N3O3. The Labute approximate surface area is 140 Å². The molecule has 2 N–H and O–H groups in total. The van der Waals surface area contributed by atoms with Gasteiger partial charge >= 0.3 is 0 Å². The molecule has 0 atom stereocenters. The molecule has 0 aliphatic carbocycles. The number of hydrazone groups is 1. The number of anilines is 1. The second-order valence-corrected chi connectivity index (χ2v) is 5.84. The molecule has 24 heavy (non-hydrogen) atoms. The molecule has 0 unspecified atom stereocenters. The lowest BCUT2D eigenvalue weighted by Crippen LogP contribution is -2.20. The number of furan rings is 1. The summed E-state index contributed by atoms with van der Waals surface area (Å²) in [6.45, 7) is 5.74. The van der Waals surface area contributed by atoms with Gasteiger partial charge in [-0.15, -0.1) is 0 Å². The SMILES string of the molecule is CC(=NNC(=O)CC(C)C)c1cccc(NC(=O)c2ccco2)c1. The Bertz CT molecular complexity index is 734. The van der Waals surface area contributed by atoms with Crippen LogP contribution in [0, 0.1) is 5.92 Å². The van der Waals surface area contributed by atoms with Crippen molar-refractivity contribution < 1.29 is 14.0 Å². The number of carbonyl (C=O) groups is 2. The Hall–Kier alpha value is -2.89. The highest BCUT2D eigenvalue weighted by molar-refractivity contribution is 6.04. The number of rotatable bonds is 6. The van der Waals surface area contributed by atoms with Crippen LogP contribution in [0.1, 0.15) is 43.3 Å². The van der Waals surface area contributed by atoms with Gasteiger partial charge in [-0.1, -0.05) is 26.0 Å². The first kappa shape index (κ1) is 17.5. The van der Waals surface area contributed by atoms with Crippen molar-refractivity contribution in [2.45, 2.75) is 27.2 Å². The summed E-state index contributed by atoms with van der Waals surface area (Å²) in [4.78, 5) is 23.6. The zero-order valence-electron chi connectivity index (χ0n) is 14.0. The van der Waals surface area contributed by atoms with Crippen LogP contribution in [0.3, 0.4) is 0 Å². The molecule has 2 rings (SSSR count). The van der Waals surface area contributed by atoms with Crippen LogP contribution in [0.2, 0.25) is 0 Å². The van der Waals surface area contributed by atoms with Gasteiger partial charge in [0.05, 0.1) is 12.0 Å². The van der Waals surface area contributed by atoms with Crippen molar-refractivity contribution in [1.82, 2.24) is 5.43 Å². The molecule has 0 spiro atoms. The summed E-state index contributed by atoms with van der Waals surface area (Å²) >= 11 is 0. The predicted molar refractivity (Wildman–Crippen MR) is 92.9 cm³/mol. The summed E-state index contributed by atoms with van der Waals surface area (Å²) in [5.41, 5.74) is 4.62. The van der Waals surface area contributed by atoms with Crippen molar-refractivity contribution in [2.75, 3.05) is 5.32 Å². The Morgan fingerprint density at radius 3 is 2.67 bits per heavy atom. The number of hydrogen-bond donors (Lipinski definition) is 2. The van der Waals surface area contributed by atoms with Crippen LogP contribution in [0.15, 0.2) is 52.2 Å². The Kier molecular flexibility index (Phi) is 5.89. The molecule has 0 aliphatic heterocycles. The fourth-order valence-electron chi connectivity index (χ4n) is 2.05. The van der Waals surface area contributed by atoms with Crippen LogP contribution < -0.4 is 10.7 Å². The molecule has 0 radical (unpaired) electrons. The lowest BCUT2D eigenvalue weighted by Gasteiger charge is -2.07. The largest absolute Gasteiger partial charge is 0.459 e. The van der Waals surface area contributed by atoms with E-state index in [4.69, 9.17) is 4.42 Å². The minimum Gasteiger partial charge on any atom is -0.459 e. The predicted octanol–water partition coefficient (Wildman–Crippen LogP) is 3.42. The molecule has 6 nitrogen and oxygen atoms in total. The van der Waals surface area contributed by atoms with Gasteiger partial charge in [0, 0.05) is 12.1 Å². The van der Waals surface area contributed by atoms with Crippen molar-refractivity contribution in [3.8, 4) is 0 Å². The van der Waals surface area contributed by atoms with E-state index in [0.29, 0.717) is 17.8 Å². The number of hydrogen-bond acceptors (Lipinski definition) is 4. The lowest BCUT2D eigenvalue weighted by atomic mass is 10.1. The zero-order chi connectivity index (χ0) is 17.5. The smallest absolute Gasteiger partial charge is 0.291 e. The van der Waals surface area contributed by atoms with Crippen molar-refractivity contribution in [2.24, 2.45) is 11.0 Å². The molecule has 0 saturated carbocycles. The van der Waals surface area contributed by atoms with Crippen LogP contribution in [0.25, 0.3) is 0 Å². The van der Waals surface area contributed by atoms with Crippen molar-refractivity contribution in [3.63, 3.8) is 0 Å². The maximum absolute atomic E-state index is 12.0. The third kappa shape index (κ3) is 5.08. The summed E-state index contributed by atoms with van der Waals surface area (Å²) in [5, 5.41) is 6.86. The number of carbonyl (C=O) groups excluding carboxylic acids is 2. The van der Waals surface area contributed by atoms with Gasteiger partial charge < -0.3 is 9.73 Å². The number of amides is 2. The zero-order valence-corrected chi connectivity index (χ0v) is 14.0. The summed E-state index contributed by atoms with van der Waals surface area (Å²) in [6, 6.07) is 10.5. The molecule has 1 aromatic heterocycles. The first-order chi connectivity index (χ1) is 11.5. The Balaban J connectivity index is 2.03. The summed E-state index contributed by atoms with van der Waals surface area (Å²) < 4.78 is 5.06. The fourth-order valence-corrected chi connectivity index (χ4v) is 2.05. The van der Waals surface area contributed by atoms with E-state index in [1.54, 1.807) is 31.2 Å². The van der Waals surface area contributed by atoms with Gasteiger partial charge in [0.2, 0.25) is 5.91 Å². The average Bonchev–Trinajstić information content (AvgIpc) is 3.07. The summed E-state index contributed by atoms with van der Waals surface area (Å²) in [6.07, 6.45) is 1.87. The third-order valence-corrected chi connectivity index (χ3v) is 3.23. The highest BCUT2D eigenvalue weighted by atomic mass is 16.3. The van der Waals surface area contributed by atoms with Crippen LogP contribution in [0.4, 0.5) is 5.69 Å². The van der Waals surface area contributed by atoms with Gasteiger partial charge in [0.25, 0.3) is 5.91 Å². The highest BCUT2D eigenvalue weighted by Crippen LogP contribution is 2.13. The van der Waals surface area contributed by atoms with E-state index in [9.17, 15) is 9.59 Å². The molecule has 6 heteroatoms. The van der Waals surface area contributed by atoms with E-state index in [-0.39, 0.29) is 23.5 Å². The Morgan fingerprint density at radius 2 is 2.00 bits per heavy atom. The van der Waals surface area contributed by atoms with Crippen molar-refractivity contribution >= 4 is 23.2 Å². The van der Waals surface area contributed by atoms with Gasteiger partial charge in [-0.05, 0) is 42.7 Å². The monoisotopic (exact) mass is 327 g/mol. The number of nitrogens with one attached hydrogen (secondary N) is 2. The maximum Gasteiger partial charge on any atom is 0.291 e. The minimum absolute atomic E-state index is 0.119. The summed E-state index contributed by atoms with van der Waals surface area (Å²) in [5.74, 6) is 0.0796. The first-order valence-electron chi connectivity index (χ1n) is 7.74. The number of benzene rings is 1. The van der Waals surface area contributed by atoms with Gasteiger partial charge in [-0.25, -0.2) is 5.43 Å². The van der Waals surface area contributed by atoms with Crippen molar-refractivity contribution in [1.29, 1.82) is 0 Å². The molecule has 2 aromatic rings. The van der Waals surface area contributed by atoms with Gasteiger partial charge in [-0.3, -0.25) is 9.59 Å². The molecular weight excluding hydrogens is 306 g/mol. The van der Waals surface area contributed by atoms with E-state index in [1.165, 1.54) is 6.26 Å². The lowest BCUT2D eigenvalue weighted by molar-refractivity contribution is -0.121. The minimum atomic E-state index is -0.322. The molecule has 0 aliphatic rings. The first-order valence-corrected chi connectivity index (χ1v) is 7.74. The fraction of sp³-hybridized carbons (Fsp3) is 0.278. The molecule has 0 bridgehead atoms. The highest BCUT2D eigenvalue weighted by Gasteiger charge is 2.09. The molecule has 2 amide bonds. The van der Waals surface area contributed by atoms with E-state index in [2.05, 4.69) is 15.8 Å². The maximum atomic E-state index is 12.0. The topological polar surface area (TPSA) is 83.7 Å². The van der Waals surface area contributed by atoms with Crippen LogP contribution in [-0.4, -0.2) is 17.5 Å². The molecule has 1 aromatic carbocycles. The third-order valence-electron chi connectivity index (χ3n) is 3.23. The van der Waals surface area contributed by atoms with E-state index >= 15 is 0 Å². The summed E-state index contributed by atoms with van der Waals surface area (Å²) in [7, 11) is 0. The van der Waals surface area contributed by atoms with Crippen LogP contribution in [-0.2, 0) is 4.79 Å². The normalized spacial score (nSPS) is 11.4. The molecule has 1 heterocycles. The number of nitrogens with zero attached hydrogens (tertiary/aromatic N) is 1. The van der Waals surface area contributed by atoms with E-state index < -0.39 is 0 Å². The van der Waals surface area contributed by atoms with Gasteiger partial charge in [0.1, 0.15) is 0 Å². The Morgan fingerprint density at radius 1 is 1.21 bits per heavy atom. The standard InChI is InChI=1S/C18H21N3O3/c1-12(2)10-17(22)21-20-13(3)14-6-4-7-15(11-14)19-18(23)16-8-5-9-24-16/h4-9,11-12H,10H2,1-3H3,(H,19,23)(H,21,22). The second-order valence-electron chi connectivity index (χ2n) is 5.84. The van der Waals surface area contributed by atoms with Gasteiger partial charge in [0.15, 0.2) is 5.76 Å². The second kappa shape index (κ2) is 8.10.